The van der Waals surface area contributed by atoms with Gasteiger partial charge in [0.1, 0.15) is 5.82 Å². The Morgan fingerprint density at radius 1 is 1.25 bits per heavy atom. The summed E-state index contributed by atoms with van der Waals surface area (Å²) in [6, 6.07) is 3.63. The minimum absolute atomic E-state index is 0.00501. The van der Waals surface area contributed by atoms with E-state index < -0.39 is 15.8 Å². The lowest BCUT2D eigenvalue weighted by molar-refractivity contribution is -0.132. The van der Waals surface area contributed by atoms with Gasteiger partial charge in [-0.15, -0.1) is 0 Å². The van der Waals surface area contributed by atoms with Gasteiger partial charge in [-0.25, -0.2) is 17.5 Å². The third kappa shape index (κ3) is 4.75. The maximum absolute atomic E-state index is 13.2. The average Bonchev–Trinajstić information content (AvgIpc) is 2.57. The number of rotatable bonds is 6. The predicted octanol–water partition coefficient (Wildman–Crippen LogP) is 0.967. The number of hydrogen-bond acceptors (Lipinski definition) is 4. The van der Waals surface area contributed by atoms with Gasteiger partial charge in [0.2, 0.25) is 15.9 Å². The lowest BCUT2D eigenvalue weighted by Gasteiger charge is -2.34. The second-order valence-electron chi connectivity index (χ2n) is 5.87. The number of amides is 1. The highest BCUT2D eigenvalue weighted by molar-refractivity contribution is 7.89. The van der Waals surface area contributed by atoms with Crippen LogP contribution in [0.5, 0.6) is 0 Å². The molecule has 1 fully saturated rings. The summed E-state index contributed by atoms with van der Waals surface area (Å²) in [5, 5.41) is 0. The van der Waals surface area contributed by atoms with Gasteiger partial charge in [0, 0.05) is 39.1 Å². The molecule has 0 bridgehead atoms. The zero-order chi connectivity index (χ0) is 17.7. The molecule has 2 rings (SSSR count). The van der Waals surface area contributed by atoms with Crippen LogP contribution < -0.4 is 4.72 Å². The standard InChI is InChI=1S/C16H24FN3O3S/c1-3-19-8-10-20(11-9-19)16(21)6-7-18-24(22,23)14-4-5-15(17)13(2)12-14/h4-5,12,18H,3,6-11H2,1-2H3. The molecule has 0 radical (unpaired) electrons. The molecule has 24 heavy (non-hydrogen) atoms. The van der Waals surface area contributed by atoms with Crippen LogP contribution in [0.4, 0.5) is 4.39 Å². The first-order chi connectivity index (χ1) is 11.3. The van der Waals surface area contributed by atoms with E-state index in [9.17, 15) is 17.6 Å². The number of halogens is 1. The molecular weight excluding hydrogens is 333 g/mol. The maximum atomic E-state index is 13.2. The summed E-state index contributed by atoms with van der Waals surface area (Å²) in [6.07, 6.45) is 0.117. The molecule has 134 valence electrons. The number of carbonyl (C=O) groups excluding carboxylic acids is 1. The fraction of sp³-hybridized carbons (Fsp3) is 0.562. The van der Waals surface area contributed by atoms with Gasteiger partial charge in [0.25, 0.3) is 0 Å². The van der Waals surface area contributed by atoms with Crippen LogP contribution in [0.2, 0.25) is 0 Å². The lowest BCUT2D eigenvalue weighted by atomic mass is 10.2. The number of likely N-dealkylation sites (N-methyl/N-ethyl adjacent to an activating group) is 1. The molecular formula is C16H24FN3O3S. The highest BCUT2D eigenvalue weighted by Crippen LogP contribution is 2.14. The van der Waals surface area contributed by atoms with Crippen molar-refractivity contribution in [2.24, 2.45) is 0 Å². The average molecular weight is 357 g/mol. The molecule has 0 spiro atoms. The monoisotopic (exact) mass is 357 g/mol. The highest BCUT2D eigenvalue weighted by Gasteiger charge is 2.21. The summed E-state index contributed by atoms with van der Waals surface area (Å²) in [5.41, 5.74) is 0.266. The van der Waals surface area contributed by atoms with Crippen LogP contribution in [0, 0.1) is 12.7 Å². The van der Waals surface area contributed by atoms with Crippen LogP contribution in [0.1, 0.15) is 18.9 Å². The highest BCUT2D eigenvalue weighted by atomic mass is 32.2. The Morgan fingerprint density at radius 2 is 1.92 bits per heavy atom. The molecule has 0 aromatic heterocycles. The zero-order valence-corrected chi connectivity index (χ0v) is 14.9. The molecule has 8 heteroatoms. The molecule has 1 aromatic rings. The van der Waals surface area contributed by atoms with Crippen molar-refractivity contribution in [1.82, 2.24) is 14.5 Å². The van der Waals surface area contributed by atoms with Crippen LogP contribution in [-0.2, 0) is 14.8 Å². The van der Waals surface area contributed by atoms with Gasteiger partial charge >= 0.3 is 0 Å². The Balaban J connectivity index is 1.84. The van der Waals surface area contributed by atoms with Crippen LogP contribution in [-0.4, -0.2) is 63.4 Å². The van der Waals surface area contributed by atoms with Crippen molar-refractivity contribution in [3.63, 3.8) is 0 Å². The number of nitrogens with one attached hydrogen (secondary N) is 1. The van der Waals surface area contributed by atoms with Crippen molar-refractivity contribution in [2.45, 2.75) is 25.2 Å². The number of carbonyl (C=O) groups is 1. The number of benzene rings is 1. The fourth-order valence-corrected chi connectivity index (χ4v) is 3.75. The van der Waals surface area contributed by atoms with Crippen molar-refractivity contribution in [2.75, 3.05) is 39.3 Å². The first-order valence-electron chi connectivity index (χ1n) is 8.09. The topological polar surface area (TPSA) is 69.7 Å². The molecule has 0 atom stereocenters. The van der Waals surface area contributed by atoms with Crippen LogP contribution in [0.3, 0.4) is 0 Å². The zero-order valence-electron chi connectivity index (χ0n) is 14.1. The molecule has 0 saturated carbocycles. The number of piperazine rings is 1. The number of hydrogen-bond donors (Lipinski definition) is 1. The van der Waals surface area contributed by atoms with Crippen molar-refractivity contribution in [3.05, 3.63) is 29.6 Å². The molecule has 1 aliphatic rings. The molecule has 1 saturated heterocycles. The van der Waals surface area contributed by atoms with Crippen LogP contribution in [0.25, 0.3) is 0 Å². The second-order valence-corrected chi connectivity index (χ2v) is 7.64. The summed E-state index contributed by atoms with van der Waals surface area (Å²) in [4.78, 5) is 16.2. The molecule has 0 aliphatic carbocycles. The van der Waals surface area contributed by atoms with Crippen LogP contribution in [0.15, 0.2) is 23.1 Å². The molecule has 6 nitrogen and oxygen atoms in total. The summed E-state index contributed by atoms with van der Waals surface area (Å²) in [6.45, 7) is 7.65. The van der Waals surface area contributed by atoms with E-state index in [2.05, 4.69) is 16.5 Å². The summed E-state index contributed by atoms with van der Waals surface area (Å²) in [7, 11) is -3.73. The Morgan fingerprint density at radius 3 is 2.50 bits per heavy atom. The Labute approximate surface area is 142 Å². The molecule has 1 N–H and O–H groups in total. The van der Waals surface area contributed by atoms with Crippen molar-refractivity contribution < 1.29 is 17.6 Å². The smallest absolute Gasteiger partial charge is 0.240 e. The third-order valence-electron chi connectivity index (χ3n) is 4.24. The molecule has 1 aliphatic heterocycles. The second kappa shape index (κ2) is 8.04. The maximum Gasteiger partial charge on any atom is 0.240 e. The predicted molar refractivity (Wildman–Crippen MR) is 89.6 cm³/mol. The number of sulfonamides is 1. The summed E-state index contributed by atoms with van der Waals surface area (Å²) < 4.78 is 40.0. The van der Waals surface area contributed by atoms with E-state index in [1.807, 2.05) is 0 Å². The quantitative estimate of drug-likeness (QED) is 0.824. The van der Waals surface area contributed by atoms with E-state index in [1.165, 1.54) is 19.1 Å². The lowest BCUT2D eigenvalue weighted by Crippen LogP contribution is -2.49. The molecule has 1 aromatic carbocycles. The van der Waals surface area contributed by atoms with Crippen molar-refractivity contribution in [1.29, 1.82) is 0 Å². The van der Waals surface area contributed by atoms with Crippen molar-refractivity contribution >= 4 is 15.9 Å². The SMILES string of the molecule is CCN1CCN(C(=O)CCNS(=O)(=O)c2ccc(F)c(C)c2)CC1. The van der Waals surface area contributed by atoms with Gasteiger partial charge in [-0.2, -0.15) is 0 Å². The number of nitrogens with zero attached hydrogens (tertiary/aromatic N) is 2. The third-order valence-corrected chi connectivity index (χ3v) is 5.70. The van der Waals surface area contributed by atoms with Crippen LogP contribution >= 0.6 is 0 Å². The number of aryl methyl sites for hydroxylation is 1. The normalized spacial score (nSPS) is 16.4. The molecule has 1 amide bonds. The van der Waals surface area contributed by atoms with E-state index >= 15 is 0 Å². The molecule has 0 unspecified atom stereocenters. The van der Waals surface area contributed by atoms with E-state index in [-0.39, 0.29) is 29.3 Å². The first kappa shape index (κ1) is 18.8. The van der Waals surface area contributed by atoms with E-state index in [0.717, 1.165) is 25.7 Å². The Kier molecular flexibility index (Phi) is 6.31. The van der Waals surface area contributed by atoms with Gasteiger partial charge in [-0.1, -0.05) is 6.92 Å². The molecule has 1 heterocycles. The van der Waals surface area contributed by atoms with E-state index in [0.29, 0.717) is 13.1 Å². The van der Waals surface area contributed by atoms with Gasteiger partial charge in [0.15, 0.2) is 0 Å². The Hall–Kier alpha value is -1.51. The Bertz CT molecular complexity index is 686. The van der Waals surface area contributed by atoms with E-state index in [1.54, 1.807) is 4.90 Å². The van der Waals surface area contributed by atoms with Gasteiger partial charge in [-0.3, -0.25) is 4.79 Å². The van der Waals surface area contributed by atoms with Crippen molar-refractivity contribution in [3.8, 4) is 0 Å². The largest absolute Gasteiger partial charge is 0.340 e. The summed E-state index contributed by atoms with van der Waals surface area (Å²) >= 11 is 0. The van der Waals surface area contributed by atoms with E-state index in [4.69, 9.17) is 0 Å². The van der Waals surface area contributed by atoms with Gasteiger partial charge < -0.3 is 9.80 Å². The van der Waals surface area contributed by atoms with Gasteiger partial charge in [-0.05, 0) is 37.2 Å². The summed E-state index contributed by atoms with van der Waals surface area (Å²) in [5.74, 6) is -0.501. The minimum atomic E-state index is -3.73. The minimum Gasteiger partial charge on any atom is -0.340 e. The van der Waals surface area contributed by atoms with Gasteiger partial charge in [0.05, 0.1) is 4.90 Å². The fourth-order valence-electron chi connectivity index (χ4n) is 2.63. The first-order valence-corrected chi connectivity index (χ1v) is 9.57.